The highest BCUT2D eigenvalue weighted by molar-refractivity contribution is 5.90. The lowest BCUT2D eigenvalue weighted by molar-refractivity contribution is 0.0878. The molecule has 0 aliphatic heterocycles. The van der Waals surface area contributed by atoms with Crippen molar-refractivity contribution < 1.29 is 9.53 Å². The van der Waals surface area contributed by atoms with Crippen molar-refractivity contribution in [3.63, 3.8) is 0 Å². The molecule has 1 aromatic heterocycles. The maximum Gasteiger partial charge on any atom is 0.288 e. The van der Waals surface area contributed by atoms with Crippen molar-refractivity contribution in [3.8, 4) is 0 Å². The summed E-state index contributed by atoms with van der Waals surface area (Å²) in [6.45, 7) is 5.85. The molecule has 0 aliphatic carbocycles. The molecular formula is C9H16N4O2. The summed E-state index contributed by atoms with van der Waals surface area (Å²) >= 11 is 0. The maximum atomic E-state index is 11.3. The molecule has 0 aliphatic rings. The van der Waals surface area contributed by atoms with Crippen LogP contribution in [0.5, 0.6) is 0 Å². The van der Waals surface area contributed by atoms with Crippen molar-refractivity contribution in [3.05, 3.63) is 12.2 Å². The zero-order chi connectivity index (χ0) is 11.1. The molecule has 2 N–H and O–H groups in total. The first-order valence-corrected chi connectivity index (χ1v) is 4.91. The second kappa shape index (κ2) is 6.13. The Morgan fingerprint density at radius 3 is 3.07 bits per heavy atom. The minimum absolute atomic E-state index is 0.221. The number of H-pyrrole nitrogens is 1. The largest absolute Gasteiger partial charge is 0.379 e. The fraction of sp³-hybridized carbons (Fsp3) is 0.667. The molecule has 6 heteroatoms. The van der Waals surface area contributed by atoms with E-state index in [1.54, 1.807) is 0 Å². The minimum Gasteiger partial charge on any atom is -0.379 e. The van der Waals surface area contributed by atoms with Gasteiger partial charge in [-0.25, -0.2) is 4.98 Å². The molecule has 0 saturated carbocycles. The van der Waals surface area contributed by atoms with Gasteiger partial charge in [-0.15, -0.1) is 0 Å². The minimum atomic E-state index is -0.263. The van der Waals surface area contributed by atoms with Crippen LogP contribution < -0.4 is 5.32 Å². The first-order valence-electron chi connectivity index (χ1n) is 4.91. The molecule has 6 nitrogen and oxygen atoms in total. The van der Waals surface area contributed by atoms with Crippen molar-refractivity contribution in [1.29, 1.82) is 0 Å². The van der Waals surface area contributed by atoms with E-state index in [0.29, 0.717) is 25.7 Å². The third-order valence-electron chi connectivity index (χ3n) is 1.61. The number of hydrogen-bond acceptors (Lipinski definition) is 4. The van der Waals surface area contributed by atoms with E-state index < -0.39 is 0 Å². The number of carbonyl (C=O) groups excluding carboxylic acids is 1. The van der Waals surface area contributed by atoms with Gasteiger partial charge in [0.2, 0.25) is 5.82 Å². The van der Waals surface area contributed by atoms with Crippen LogP contribution >= 0.6 is 0 Å². The van der Waals surface area contributed by atoms with E-state index in [9.17, 15) is 4.79 Å². The van der Waals surface area contributed by atoms with E-state index in [1.165, 1.54) is 6.33 Å². The van der Waals surface area contributed by atoms with Crippen molar-refractivity contribution in [2.45, 2.75) is 13.8 Å². The van der Waals surface area contributed by atoms with E-state index >= 15 is 0 Å². The van der Waals surface area contributed by atoms with Crippen LogP contribution in [0, 0.1) is 5.92 Å². The average Bonchev–Trinajstić information content (AvgIpc) is 2.69. The van der Waals surface area contributed by atoms with Crippen LogP contribution in [0.25, 0.3) is 0 Å². The number of ether oxygens (including phenoxy) is 1. The number of carbonyl (C=O) groups is 1. The third kappa shape index (κ3) is 4.55. The monoisotopic (exact) mass is 212 g/mol. The third-order valence-corrected chi connectivity index (χ3v) is 1.61. The summed E-state index contributed by atoms with van der Waals surface area (Å²) in [5.74, 6) is 0.467. The van der Waals surface area contributed by atoms with E-state index in [0.717, 1.165) is 0 Å². The predicted octanol–water partition coefficient (Wildman–Crippen LogP) is 0.207. The van der Waals surface area contributed by atoms with Crippen LogP contribution in [0.3, 0.4) is 0 Å². The highest BCUT2D eigenvalue weighted by Crippen LogP contribution is 1.91. The molecule has 1 aromatic rings. The Labute approximate surface area is 88.4 Å². The number of amides is 1. The summed E-state index contributed by atoms with van der Waals surface area (Å²) in [5.41, 5.74) is 0. The molecule has 15 heavy (non-hydrogen) atoms. The first-order chi connectivity index (χ1) is 7.20. The molecule has 0 aromatic carbocycles. The lowest BCUT2D eigenvalue weighted by Gasteiger charge is -2.06. The molecule has 84 valence electrons. The Hall–Kier alpha value is -1.43. The number of nitrogens with one attached hydrogen (secondary N) is 2. The molecule has 1 rings (SSSR count). The van der Waals surface area contributed by atoms with Crippen LogP contribution in [-0.2, 0) is 4.74 Å². The summed E-state index contributed by atoms with van der Waals surface area (Å²) in [7, 11) is 0. The summed E-state index contributed by atoms with van der Waals surface area (Å²) < 4.78 is 5.30. The van der Waals surface area contributed by atoms with Gasteiger partial charge >= 0.3 is 0 Å². The lowest BCUT2D eigenvalue weighted by Crippen LogP contribution is -2.28. The van der Waals surface area contributed by atoms with Gasteiger partial charge in [0.25, 0.3) is 5.91 Å². The number of nitrogens with zero attached hydrogens (tertiary/aromatic N) is 2. The molecule has 0 saturated heterocycles. The van der Waals surface area contributed by atoms with Gasteiger partial charge in [0.1, 0.15) is 6.33 Å². The summed E-state index contributed by atoms with van der Waals surface area (Å²) in [6.07, 6.45) is 1.30. The smallest absolute Gasteiger partial charge is 0.288 e. The van der Waals surface area contributed by atoms with Gasteiger partial charge in [0, 0.05) is 13.2 Å². The molecular weight excluding hydrogens is 196 g/mol. The van der Waals surface area contributed by atoms with Gasteiger partial charge in [0.15, 0.2) is 0 Å². The summed E-state index contributed by atoms with van der Waals surface area (Å²) in [6, 6.07) is 0. The molecule has 0 atom stereocenters. The Bertz CT molecular complexity index is 284. The van der Waals surface area contributed by atoms with E-state index in [2.05, 4.69) is 34.3 Å². The number of hydrogen-bond donors (Lipinski definition) is 2. The fourth-order valence-corrected chi connectivity index (χ4v) is 0.954. The number of aromatic amines is 1. The maximum absolute atomic E-state index is 11.3. The van der Waals surface area contributed by atoms with E-state index in [4.69, 9.17) is 4.74 Å². The SMILES string of the molecule is CC(C)COCCNC(=O)c1ncn[nH]1. The van der Waals surface area contributed by atoms with Crippen molar-refractivity contribution in [1.82, 2.24) is 20.5 Å². The normalized spacial score (nSPS) is 10.6. The quantitative estimate of drug-likeness (QED) is 0.660. The fourth-order valence-electron chi connectivity index (χ4n) is 0.954. The highest BCUT2D eigenvalue weighted by atomic mass is 16.5. The van der Waals surface area contributed by atoms with Crippen LogP contribution in [0.2, 0.25) is 0 Å². The van der Waals surface area contributed by atoms with Crippen molar-refractivity contribution in [2.75, 3.05) is 19.8 Å². The molecule has 1 heterocycles. The van der Waals surface area contributed by atoms with Gasteiger partial charge in [-0.1, -0.05) is 13.8 Å². The first kappa shape index (κ1) is 11.6. The molecule has 0 spiro atoms. The molecule has 0 unspecified atom stereocenters. The van der Waals surface area contributed by atoms with Gasteiger partial charge in [0.05, 0.1) is 6.61 Å². The van der Waals surface area contributed by atoms with Gasteiger partial charge < -0.3 is 10.1 Å². The standard InChI is InChI=1S/C9H16N4O2/c1-7(2)5-15-4-3-10-9(14)8-11-6-12-13-8/h6-7H,3-5H2,1-2H3,(H,10,14)(H,11,12,13). The van der Waals surface area contributed by atoms with Gasteiger partial charge in [-0.2, -0.15) is 5.10 Å². The average molecular weight is 212 g/mol. The van der Waals surface area contributed by atoms with E-state index in [-0.39, 0.29) is 11.7 Å². The summed E-state index contributed by atoms with van der Waals surface area (Å²) in [4.78, 5) is 15.0. The second-order valence-corrected chi connectivity index (χ2v) is 3.56. The Morgan fingerprint density at radius 2 is 2.47 bits per heavy atom. The Morgan fingerprint density at radius 1 is 1.67 bits per heavy atom. The topological polar surface area (TPSA) is 79.9 Å². The van der Waals surface area contributed by atoms with Crippen molar-refractivity contribution >= 4 is 5.91 Å². The Kier molecular flexibility index (Phi) is 4.76. The molecule has 0 fully saturated rings. The zero-order valence-corrected chi connectivity index (χ0v) is 8.99. The van der Waals surface area contributed by atoms with Crippen LogP contribution in [0.1, 0.15) is 24.5 Å². The zero-order valence-electron chi connectivity index (χ0n) is 8.99. The van der Waals surface area contributed by atoms with Gasteiger partial charge in [-0.05, 0) is 5.92 Å². The van der Waals surface area contributed by atoms with Crippen LogP contribution in [0.4, 0.5) is 0 Å². The van der Waals surface area contributed by atoms with Gasteiger partial charge in [-0.3, -0.25) is 9.89 Å². The predicted molar refractivity (Wildman–Crippen MR) is 54.4 cm³/mol. The van der Waals surface area contributed by atoms with Crippen LogP contribution in [0.15, 0.2) is 6.33 Å². The van der Waals surface area contributed by atoms with Crippen LogP contribution in [-0.4, -0.2) is 40.8 Å². The molecule has 0 bridgehead atoms. The second-order valence-electron chi connectivity index (χ2n) is 3.56. The lowest BCUT2D eigenvalue weighted by atomic mass is 10.2. The Balaban J connectivity index is 2.08. The van der Waals surface area contributed by atoms with Crippen molar-refractivity contribution in [2.24, 2.45) is 5.92 Å². The highest BCUT2D eigenvalue weighted by Gasteiger charge is 2.06. The number of aromatic nitrogens is 3. The molecule has 0 radical (unpaired) electrons. The summed E-state index contributed by atoms with van der Waals surface area (Å²) in [5, 5.41) is 8.73. The number of rotatable bonds is 6. The molecule has 1 amide bonds. The van der Waals surface area contributed by atoms with E-state index in [1.807, 2.05) is 0 Å².